The van der Waals surface area contributed by atoms with Crippen LogP contribution in [0.3, 0.4) is 0 Å². The van der Waals surface area contributed by atoms with Gasteiger partial charge in [-0.3, -0.25) is 0 Å². The first-order valence-corrected chi connectivity index (χ1v) is 7.67. The molecule has 3 nitrogen and oxygen atoms in total. The maximum absolute atomic E-state index is 5.98. The maximum Gasteiger partial charge on any atom is 0.134 e. The molecule has 0 saturated carbocycles. The summed E-state index contributed by atoms with van der Waals surface area (Å²) >= 11 is 0. The Morgan fingerprint density at radius 3 is 2.40 bits per heavy atom. The predicted octanol–water partition coefficient (Wildman–Crippen LogP) is 3.59. The minimum Gasteiger partial charge on any atom is -0.487 e. The van der Waals surface area contributed by atoms with Gasteiger partial charge in [-0.05, 0) is 43.0 Å². The van der Waals surface area contributed by atoms with Gasteiger partial charge in [0.15, 0.2) is 0 Å². The van der Waals surface area contributed by atoms with Crippen LogP contribution in [-0.2, 0) is 4.74 Å². The summed E-state index contributed by atoms with van der Waals surface area (Å²) in [7, 11) is 1.71. The first-order chi connectivity index (χ1) is 9.71. The monoisotopic (exact) mass is 279 g/mol. The minimum atomic E-state index is 0.0565. The maximum atomic E-state index is 5.98. The van der Waals surface area contributed by atoms with Gasteiger partial charge < -0.3 is 14.8 Å². The third-order valence-corrected chi connectivity index (χ3v) is 3.52. The molecule has 0 aliphatic heterocycles. The highest BCUT2D eigenvalue weighted by Gasteiger charge is 2.10. The van der Waals surface area contributed by atoms with Gasteiger partial charge in [0, 0.05) is 13.7 Å². The lowest BCUT2D eigenvalue weighted by atomic mass is 9.99. The largest absolute Gasteiger partial charge is 0.487 e. The second kappa shape index (κ2) is 9.78. The number of benzene rings is 1. The number of nitrogens with one attached hydrogen (secondary N) is 1. The van der Waals surface area contributed by atoms with E-state index in [2.05, 4.69) is 50.4 Å². The molecule has 1 rings (SSSR count). The molecule has 2 atom stereocenters. The summed E-state index contributed by atoms with van der Waals surface area (Å²) in [6.45, 7) is 9.04. The molecule has 1 N–H and O–H groups in total. The molecule has 2 unspecified atom stereocenters. The van der Waals surface area contributed by atoms with Crippen LogP contribution in [-0.4, -0.2) is 32.9 Å². The standard InChI is InChI=1S/C17H29NO2/c1-5-11-18-12-17(13-19-4)20-16-9-7-15(8-10-16)14(3)6-2/h7-10,14,17-18H,5-6,11-13H2,1-4H3. The summed E-state index contributed by atoms with van der Waals surface area (Å²) in [5, 5.41) is 3.37. The van der Waals surface area contributed by atoms with Crippen molar-refractivity contribution in [2.45, 2.75) is 45.6 Å². The summed E-state index contributed by atoms with van der Waals surface area (Å²) in [6, 6.07) is 8.44. The van der Waals surface area contributed by atoms with Crippen LogP contribution in [0, 0.1) is 0 Å². The van der Waals surface area contributed by atoms with Crippen molar-refractivity contribution >= 4 is 0 Å². The fourth-order valence-corrected chi connectivity index (χ4v) is 2.06. The van der Waals surface area contributed by atoms with E-state index in [1.807, 2.05) is 0 Å². The van der Waals surface area contributed by atoms with E-state index < -0.39 is 0 Å². The van der Waals surface area contributed by atoms with Gasteiger partial charge in [0.25, 0.3) is 0 Å². The van der Waals surface area contributed by atoms with E-state index in [1.54, 1.807) is 7.11 Å². The zero-order valence-corrected chi connectivity index (χ0v) is 13.3. The molecule has 0 radical (unpaired) electrons. The number of methoxy groups -OCH3 is 1. The third-order valence-electron chi connectivity index (χ3n) is 3.52. The van der Waals surface area contributed by atoms with Gasteiger partial charge in [-0.15, -0.1) is 0 Å². The molecular weight excluding hydrogens is 250 g/mol. The lowest BCUT2D eigenvalue weighted by Gasteiger charge is -2.19. The average Bonchev–Trinajstić information content (AvgIpc) is 2.47. The summed E-state index contributed by atoms with van der Waals surface area (Å²) in [5.41, 5.74) is 1.37. The Labute approximate surface area is 123 Å². The zero-order chi connectivity index (χ0) is 14.8. The van der Waals surface area contributed by atoms with E-state index in [-0.39, 0.29) is 6.10 Å². The van der Waals surface area contributed by atoms with Crippen molar-refractivity contribution in [2.24, 2.45) is 0 Å². The topological polar surface area (TPSA) is 30.5 Å². The van der Waals surface area contributed by atoms with Crippen LogP contribution in [0.15, 0.2) is 24.3 Å². The van der Waals surface area contributed by atoms with Crippen LogP contribution < -0.4 is 10.1 Å². The Morgan fingerprint density at radius 2 is 1.85 bits per heavy atom. The molecule has 20 heavy (non-hydrogen) atoms. The van der Waals surface area contributed by atoms with Gasteiger partial charge in [-0.2, -0.15) is 0 Å². The molecular formula is C17H29NO2. The van der Waals surface area contributed by atoms with Crippen LogP contribution in [0.5, 0.6) is 5.75 Å². The fraction of sp³-hybridized carbons (Fsp3) is 0.647. The predicted molar refractivity (Wildman–Crippen MR) is 84.6 cm³/mol. The smallest absolute Gasteiger partial charge is 0.134 e. The van der Waals surface area contributed by atoms with E-state index >= 15 is 0 Å². The van der Waals surface area contributed by atoms with E-state index in [4.69, 9.17) is 9.47 Å². The van der Waals surface area contributed by atoms with Crippen LogP contribution >= 0.6 is 0 Å². The van der Waals surface area contributed by atoms with E-state index in [0.29, 0.717) is 12.5 Å². The fourth-order valence-electron chi connectivity index (χ4n) is 2.06. The minimum absolute atomic E-state index is 0.0565. The molecule has 1 aromatic carbocycles. The molecule has 0 aliphatic carbocycles. The number of rotatable bonds is 10. The van der Waals surface area contributed by atoms with Crippen molar-refractivity contribution in [3.8, 4) is 5.75 Å². The summed E-state index contributed by atoms with van der Waals surface area (Å²) in [6.07, 6.45) is 2.34. The van der Waals surface area contributed by atoms with Gasteiger partial charge in [0.05, 0.1) is 6.61 Å². The zero-order valence-electron chi connectivity index (χ0n) is 13.3. The average molecular weight is 279 g/mol. The summed E-state index contributed by atoms with van der Waals surface area (Å²) in [5.74, 6) is 1.52. The van der Waals surface area contributed by atoms with Crippen molar-refractivity contribution in [3.63, 3.8) is 0 Å². The first-order valence-electron chi connectivity index (χ1n) is 7.67. The second-order valence-electron chi connectivity index (χ2n) is 5.28. The molecule has 3 heteroatoms. The van der Waals surface area contributed by atoms with E-state index in [1.165, 1.54) is 5.56 Å². The highest BCUT2D eigenvalue weighted by atomic mass is 16.5. The molecule has 0 aliphatic rings. The Morgan fingerprint density at radius 1 is 1.15 bits per heavy atom. The van der Waals surface area contributed by atoms with Crippen LogP contribution in [0.4, 0.5) is 0 Å². The Hall–Kier alpha value is -1.06. The van der Waals surface area contributed by atoms with Crippen LogP contribution in [0.2, 0.25) is 0 Å². The van der Waals surface area contributed by atoms with Crippen molar-refractivity contribution < 1.29 is 9.47 Å². The quantitative estimate of drug-likeness (QED) is 0.664. The molecule has 0 saturated heterocycles. The van der Waals surface area contributed by atoms with Crippen molar-refractivity contribution in [1.29, 1.82) is 0 Å². The van der Waals surface area contributed by atoms with E-state index in [0.717, 1.165) is 31.7 Å². The lowest BCUT2D eigenvalue weighted by molar-refractivity contribution is 0.0807. The molecule has 0 amide bonds. The molecule has 0 bridgehead atoms. The van der Waals surface area contributed by atoms with Gasteiger partial charge in [-0.25, -0.2) is 0 Å². The SMILES string of the molecule is CCCNCC(COC)Oc1ccc(C(C)CC)cc1. The molecule has 114 valence electrons. The third kappa shape index (κ3) is 5.93. The molecule has 0 spiro atoms. The van der Waals surface area contributed by atoms with Crippen molar-refractivity contribution in [2.75, 3.05) is 26.8 Å². The molecule has 1 aromatic rings. The normalized spacial score (nSPS) is 14.0. The highest BCUT2D eigenvalue weighted by Crippen LogP contribution is 2.22. The molecule has 0 heterocycles. The number of ether oxygens (including phenoxy) is 2. The van der Waals surface area contributed by atoms with Crippen LogP contribution in [0.25, 0.3) is 0 Å². The Balaban J connectivity index is 2.54. The van der Waals surface area contributed by atoms with Crippen molar-refractivity contribution in [1.82, 2.24) is 5.32 Å². The number of hydrogen-bond acceptors (Lipinski definition) is 3. The molecule has 0 fully saturated rings. The first kappa shape index (κ1) is 17.0. The van der Waals surface area contributed by atoms with E-state index in [9.17, 15) is 0 Å². The highest BCUT2D eigenvalue weighted by molar-refractivity contribution is 5.29. The Kier molecular flexibility index (Phi) is 8.31. The Bertz CT molecular complexity index is 351. The van der Waals surface area contributed by atoms with Crippen molar-refractivity contribution in [3.05, 3.63) is 29.8 Å². The lowest BCUT2D eigenvalue weighted by Crippen LogP contribution is -2.35. The van der Waals surface area contributed by atoms with Gasteiger partial charge in [0.2, 0.25) is 0 Å². The molecule has 0 aromatic heterocycles. The van der Waals surface area contributed by atoms with Gasteiger partial charge in [-0.1, -0.05) is 32.9 Å². The van der Waals surface area contributed by atoms with Crippen LogP contribution in [0.1, 0.15) is 45.1 Å². The number of hydrogen-bond donors (Lipinski definition) is 1. The second-order valence-corrected chi connectivity index (χ2v) is 5.28. The van der Waals surface area contributed by atoms with Gasteiger partial charge >= 0.3 is 0 Å². The summed E-state index contributed by atoms with van der Waals surface area (Å²) < 4.78 is 11.2. The summed E-state index contributed by atoms with van der Waals surface area (Å²) in [4.78, 5) is 0. The van der Waals surface area contributed by atoms with Gasteiger partial charge in [0.1, 0.15) is 11.9 Å².